The second-order valence-electron chi connectivity index (χ2n) is 8.12. The first-order valence-electron chi connectivity index (χ1n) is 8.70. The van der Waals surface area contributed by atoms with Gasteiger partial charge in [-0.05, 0) is 65.3 Å². The maximum Gasteiger partial charge on any atom is 0.494 e. The van der Waals surface area contributed by atoms with Crippen molar-refractivity contribution in [1.29, 1.82) is 0 Å². The summed E-state index contributed by atoms with van der Waals surface area (Å²) in [6.45, 7) is 10.6. The predicted molar refractivity (Wildman–Crippen MR) is 100 cm³/mol. The molecule has 0 bridgehead atoms. The molecule has 0 spiro atoms. The molecule has 6 heteroatoms. The molecule has 1 aromatic heterocycles. The van der Waals surface area contributed by atoms with Gasteiger partial charge < -0.3 is 14.2 Å². The van der Waals surface area contributed by atoms with Crippen molar-refractivity contribution in [3.8, 4) is 0 Å². The van der Waals surface area contributed by atoms with Crippen LogP contribution in [0.2, 0.25) is 0 Å². The van der Waals surface area contributed by atoms with Crippen LogP contribution in [0.3, 0.4) is 0 Å². The monoisotopic (exact) mass is 344 g/mol. The number of benzene rings is 1. The highest BCUT2D eigenvalue weighted by atomic mass is 32.1. The fourth-order valence-corrected chi connectivity index (χ4v) is 4.47. The van der Waals surface area contributed by atoms with Gasteiger partial charge in [-0.25, -0.2) is 4.98 Å². The molecule has 4 nitrogen and oxygen atoms in total. The summed E-state index contributed by atoms with van der Waals surface area (Å²) < 4.78 is 13.6. The van der Waals surface area contributed by atoms with Gasteiger partial charge in [0, 0.05) is 12.5 Å². The quantitative estimate of drug-likeness (QED) is 0.785. The van der Waals surface area contributed by atoms with Crippen LogP contribution in [0.5, 0.6) is 0 Å². The zero-order valence-electron chi connectivity index (χ0n) is 15.1. The number of rotatable bonds is 2. The molecule has 1 unspecified atom stereocenters. The Kier molecular flexibility index (Phi) is 3.81. The number of hydrogen-bond acceptors (Lipinski definition) is 5. The van der Waals surface area contributed by atoms with Crippen molar-refractivity contribution in [1.82, 2.24) is 9.88 Å². The van der Waals surface area contributed by atoms with E-state index in [2.05, 4.69) is 57.8 Å². The number of nitrogens with zero attached hydrogens (tertiary/aromatic N) is 2. The third kappa shape index (κ3) is 2.70. The lowest BCUT2D eigenvalue weighted by Gasteiger charge is -2.32. The highest BCUT2D eigenvalue weighted by molar-refractivity contribution is 7.18. The number of fused-ring (bicyclic) bond motifs is 1. The Hall–Kier alpha value is -0.945. The largest absolute Gasteiger partial charge is 0.494 e. The molecular formula is C18H25BN2O2S. The lowest BCUT2D eigenvalue weighted by Crippen LogP contribution is -2.41. The molecule has 2 fully saturated rings. The van der Waals surface area contributed by atoms with Crippen molar-refractivity contribution >= 4 is 34.1 Å². The molecule has 1 atom stereocenters. The Balaban J connectivity index is 1.62. The normalized spacial score (nSPS) is 26.5. The zero-order valence-corrected chi connectivity index (χ0v) is 15.9. The summed E-state index contributed by atoms with van der Waals surface area (Å²) in [5.41, 5.74) is 1.50. The summed E-state index contributed by atoms with van der Waals surface area (Å²) in [4.78, 5) is 7.30. The average Bonchev–Trinajstić information content (AvgIpc) is 3.15. The van der Waals surface area contributed by atoms with Crippen LogP contribution in [0.1, 0.15) is 45.0 Å². The Morgan fingerprint density at radius 2 is 1.92 bits per heavy atom. The van der Waals surface area contributed by atoms with Gasteiger partial charge in [-0.15, -0.1) is 11.3 Å². The van der Waals surface area contributed by atoms with Crippen molar-refractivity contribution in [3.63, 3.8) is 0 Å². The van der Waals surface area contributed by atoms with Crippen LogP contribution in [-0.2, 0) is 9.31 Å². The predicted octanol–water partition coefficient (Wildman–Crippen LogP) is 3.01. The summed E-state index contributed by atoms with van der Waals surface area (Å²) >= 11 is 1.83. The Bertz CT molecular complexity index is 757. The third-order valence-corrected chi connectivity index (χ3v) is 6.89. The molecule has 0 N–H and O–H groups in total. The molecule has 2 saturated heterocycles. The van der Waals surface area contributed by atoms with Crippen LogP contribution in [0.25, 0.3) is 10.2 Å². The molecular weight excluding hydrogens is 319 g/mol. The van der Waals surface area contributed by atoms with Gasteiger partial charge >= 0.3 is 7.12 Å². The van der Waals surface area contributed by atoms with Crippen LogP contribution < -0.4 is 5.46 Å². The fourth-order valence-electron chi connectivity index (χ4n) is 3.40. The smallest absolute Gasteiger partial charge is 0.399 e. The number of hydrogen-bond donors (Lipinski definition) is 0. The first-order chi connectivity index (χ1) is 11.2. The van der Waals surface area contributed by atoms with Gasteiger partial charge in [-0.2, -0.15) is 0 Å². The fraction of sp³-hybridized carbons (Fsp3) is 0.611. The van der Waals surface area contributed by atoms with Gasteiger partial charge in [0.15, 0.2) is 0 Å². The van der Waals surface area contributed by atoms with E-state index in [0.29, 0.717) is 5.92 Å². The van der Waals surface area contributed by atoms with Gasteiger partial charge in [0.1, 0.15) is 0 Å². The molecule has 0 radical (unpaired) electrons. The van der Waals surface area contributed by atoms with Crippen LogP contribution >= 0.6 is 11.3 Å². The number of thiazole rings is 1. The Morgan fingerprint density at radius 1 is 1.21 bits per heavy atom. The van der Waals surface area contributed by atoms with E-state index in [1.165, 1.54) is 22.7 Å². The van der Waals surface area contributed by atoms with Crippen LogP contribution in [-0.4, -0.2) is 48.3 Å². The molecule has 0 saturated carbocycles. The Labute approximate surface area is 148 Å². The molecule has 128 valence electrons. The second-order valence-corrected chi connectivity index (χ2v) is 9.18. The van der Waals surface area contributed by atoms with Crippen molar-refractivity contribution in [2.45, 2.75) is 51.2 Å². The van der Waals surface area contributed by atoms with Gasteiger partial charge in [0.2, 0.25) is 0 Å². The second kappa shape index (κ2) is 5.53. The van der Waals surface area contributed by atoms with Crippen molar-refractivity contribution in [3.05, 3.63) is 23.2 Å². The topological polar surface area (TPSA) is 34.6 Å². The Morgan fingerprint density at radius 3 is 2.54 bits per heavy atom. The van der Waals surface area contributed by atoms with E-state index in [9.17, 15) is 0 Å². The van der Waals surface area contributed by atoms with Gasteiger partial charge in [0.05, 0.1) is 26.4 Å². The molecule has 2 aliphatic heterocycles. The first kappa shape index (κ1) is 16.5. The summed E-state index contributed by atoms with van der Waals surface area (Å²) in [5, 5.41) is 1.26. The van der Waals surface area contributed by atoms with Crippen LogP contribution in [0.15, 0.2) is 18.2 Å². The molecule has 24 heavy (non-hydrogen) atoms. The molecule has 1 aromatic carbocycles. The first-order valence-corrected chi connectivity index (χ1v) is 9.51. The molecule has 3 heterocycles. The minimum Gasteiger partial charge on any atom is -0.399 e. The molecule has 2 aliphatic rings. The minimum absolute atomic E-state index is 0.311. The lowest BCUT2D eigenvalue weighted by molar-refractivity contribution is 0.00578. The van der Waals surface area contributed by atoms with Gasteiger partial charge in [0.25, 0.3) is 0 Å². The van der Waals surface area contributed by atoms with E-state index in [0.717, 1.165) is 17.5 Å². The van der Waals surface area contributed by atoms with Crippen molar-refractivity contribution in [2.24, 2.45) is 0 Å². The summed E-state index contributed by atoms with van der Waals surface area (Å²) in [7, 11) is 1.87. The van der Waals surface area contributed by atoms with E-state index in [-0.39, 0.29) is 18.3 Å². The molecule has 0 amide bonds. The number of likely N-dealkylation sites (N-methyl/N-ethyl adjacent to an activating group) is 1. The highest BCUT2D eigenvalue weighted by Gasteiger charge is 2.51. The molecule has 2 aromatic rings. The molecule has 4 rings (SSSR count). The standard InChI is InChI=1S/C18H25BN2O2S/c1-17(2)18(3,4)23-19(22-17)13-6-7-15-14(10-13)20-16(24-15)12-8-9-21(5)11-12/h6-7,10,12H,8-9,11H2,1-5H3. The lowest BCUT2D eigenvalue weighted by atomic mass is 9.79. The van der Waals surface area contributed by atoms with E-state index < -0.39 is 0 Å². The van der Waals surface area contributed by atoms with Crippen molar-refractivity contribution < 1.29 is 9.31 Å². The van der Waals surface area contributed by atoms with Gasteiger partial charge in [-0.1, -0.05) is 6.07 Å². The SMILES string of the molecule is CN1CCC(c2nc3cc(B4OC(C)(C)C(C)(C)O4)ccc3s2)C1. The van der Waals surface area contributed by atoms with Crippen LogP contribution in [0, 0.1) is 0 Å². The van der Waals surface area contributed by atoms with E-state index in [1.54, 1.807) is 0 Å². The summed E-state index contributed by atoms with van der Waals surface area (Å²) in [6.07, 6.45) is 1.21. The minimum atomic E-state index is -0.317. The maximum atomic E-state index is 6.17. The molecule has 0 aliphatic carbocycles. The van der Waals surface area contributed by atoms with E-state index in [1.807, 2.05) is 11.3 Å². The van der Waals surface area contributed by atoms with Gasteiger partial charge in [-0.3, -0.25) is 0 Å². The zero-order chi connectivity index (χ0) is 17.1. The number of aromatic nitrogens is 1. The summed E-state index contributed by atoms with van der Waals surface area (Å²) in [6, 6.07) is 6.42. The summed E-state index contributed by atoms with van der Waals surface area (Å²) in [5.74, 6) is 0.577. The number of likely N-dealkylation sites (tertiary alicyclic amines) is 1. The van der Waals surface area contributed by atoms with Crippen molar-refractivity contribution in [2.75, 3.05) is 20.1 Å². The highest BCUT2D eigenvalue weighted by Crippen LogP contribution is 2.37. The third-order valence-electron chi connectivity index (χ3n) is 5.69. The van der Waals surface area contributed by atoms with Crippen LogP contribution in [0.4, 0.5) is 0 Å². The maximum absolute atomic E-state index is 6.17. The van der Waals surface area contributed by atoms with E-state index >= 15 is 0 Å². The van der Waals surface area contributed by atoms with E-state index in [4.69, 9.17) is 14.3 Å². The average molecular weight is 344 g/mol.